The number of likely N-dealkylation sites (N-methyl/N-ethyl adjacent to an activating group) is 1. The molecule has 2 aromatic rings. The van der Waals surface area contributed by atoms with E-state index < -0.39 is 0 Å². The highest BCUT2D eigenvalue weighted by Crippen LogP contribution is 2.24. The molecule has 0 spiro atoms. The Morgan fingerprint density at radius 2 is 1.74 bits per heavy atom. The van der Waals surface area contributed by atoms with Crippen molar-refractivity contribution in [2.45, 2.75) is 0 Å². The molecule has 0 aromatic heterocycles. The maximum atomic E-state index is 9.73. The Hall–Kier alpha value is -2.39. The first-order chi connectivity index (χ1) is 9.25. The average molecular weight is 251 g/mol. The van der Waals surface area contributed by atoms with Gasteiger partial charge in [-0.25, -0.2) is 0 Å². The van der Waals surface area contributed by atoms with Crippen LogP contribution in [0.5, 0.6) is 5.75 Å². The fraction of sp³-hybridized carbons (Fsp3) is 0.0625. The summed E-state index contributed by atoms with van der Waals surface area (Å²) in [6.45, 7) is 0. The van der Waals surface area contributed by atoms with Gasteiger partial charge in [0.25, 0.3) is 0 Å². The van der Waals surface area contributed by atoms with Crippen LogP contribution in [0.2, 0.25) is 0 Å². The smallest absolute Gasteiger partial charge is 0.231 e. The zero-order valence-corrected chi connectivity index (χ0v) is 10.7. The third-order valence-electron chi connectivity index (χ3n) is 3.29. The molecule has 0 radical (unpaired) electrons. The van der Waals surface area contributed by atoms with Crippen LogP contribution < -0.4 is 4.90 Å². The van der Waals surface area contributed by atoms with Gasteiger partial charge in [0.05, 0.1) is 7.05 Å². The molecule has 3 nitrogen and oxygen atoms in total. The van der Waals surface area contributed by atoms with Gasteiger partial charge in [0.2, 0.25) is 5.84 Å². The Kier molecular flexibility index (Phi) is 2.89. The molecule has 94 valence electrons. The predicted octanol–water partition coefficient (Wildman–Crippen LogP) is 2.30. The standard InChI is InChI=1S/C16H14N2O/c1-18-14-8-4-3-7-13(14)17-16(18)11-10-12-6-2-5-9-15(12)19/h2-11,19H,1H3/p+1/b11-10+. The van der Waals surface area contributed by atoms with Gasteiger partial charge in [-0.2, -0.15) is 4.99 Å². The second-order valence-electron chi connectivity index (χ2n) is 4.53. The number of rotatable bonds is 2. The van der Waals surface area contributed by atoms with E-state index in [0.29, 0.717) is 0 Å². The van der Waals surface area contributed by atoms with Gasteiger partial charge in [-0.05, 0) is 18.2 Å². The molecule has 1 unspecified atom stereocenters. The lowest BCUT2D eigenvalue weighted by molar-refractivity contribution is -0.700. The number of para-hydroxylation sites is 3. The lowest BCUT2D eigenvalue weighted by Gasteiger charge is -2.05. The Balaban J connectivity index is 1.89. The van der Waals surface area contributed by atoms with E-state index in [1.54, 1.807) is 6.07 Å². The molecule has 0 fully saturated rings. The van der Waals surface area contributed by atoms with Crippen LogP contribution in [0.4, 0.5) is 11.4 Å². The van der Waals surface area contributed by atoms with Gasteiger partial charge >= 0.3 is 0 Å². The van der Waals surface area contributed by atoms with Crippen LogP contribution in [0, 0.1) is 0 Å². The van der Waals surface area contributed by atoms with Crippen molar-refractivity contribution in [3.05, 3.63) is 60.2 Å². The van der Waals surface area contributed by atoms with E-state index in [0.717, 1.165) is 17.1 Å². The Bertz CT molecular complexity index is 674. The fourth-order valence-electron chi connectivity index (χ4n) is 2.20. The summed E-state index contributed by atoms with van der Waals surface area (Å²) in [6.07, 6.45) is 3.84. The molecular formula is C16H15N2O+. The molecular weight excluding hydrogens is 236 g/mol. The van der Waals surface area contributed by atoms with Gasteiger partial charge in [-0.1, -0.05) is 30.3 Å². The number of hydrogen-bond donors (Lipinski definition) is 2. The number of hydrogen-bond acceptors (Lipinski definition) is 2. The minimum atomic E-state index is 0.285. The summed E-state index contributed by atoms with van der Waals surface area (Å²) in [5.74, 6) is 1.23. The molecule has 2 aromatic carbocycles. The van der Waals surface area contributed by atoms with E-state index in [9.17, 15) is 5.11 Å². The maximum absolute atomic E-state index is 9.73. The molecule has 1 aliphatic rings. The lowest BCUT2D eigenvalue weighted by Crippen LogP contribution is -3.05. The summed E-state index contributed by atoms with van der Waals surface area (Å²) in [4.78, 5) is 5.76. The molecule has 0 amide bonds. The molecule has 1 atom stereocenters. The van der Waals surface area contributed by atoms with Crippen LogP contribution in [0.15, 0.2) is 59.6 Å². The quantitative estimate of drug-likeness (QED) is 0.844. The van der Waals surface area contributed by atoms with Crippen molar-refractivity contribution in [3.8, 4) is 5.75 Å². The molecule has 0 saturated carbocycles. The molecule has 0 aliphatic carbocycles. The van der Waals surface area contributed by atoms with Crippen LogP contribution in [-0.2, 0) is 0 Å². The van der Waals surface area contributed by atoms with E-state index in [1.165, 1.54) is 10.6 Å². The van der Waals surface area contributed by atoms with Gasteiger partial charge in [0.15, 0.2) is 5.69 Å². The van der Waals surface area contributed by atoms with Crippen molar-refractivity contribution in [1.82, 2.24) is 0 Å². The van der Waals surface area contributed by atoms with Crippen molar-refractivity contribution in [2.24, 2.45) is 4.99 Å². The number of quaternary nitrogens is 1. The summed E-state index contributed by atoms with van der Waals surface area (Å²) in [7, 11) is 2.07. The maximum Gasteiger partial charge on any atom is 0.231 e. The normalized spacial score (nSPS) is 17.5. The number of phenolic OH excluding ortho intramolecular Hbond substituents is 1. The number of aromatic hydroxyl groups is 1. The molecule has 0 bridgehead atoms. The number of fused-ring (bicyclic) bond motifs is 1. The number of phenols is 1. The highest BCUT2D eigenvalue weighted by molar-refractivity contribution is 5.97. The highest BCUT2D eigenvalue weighted by atomic mass is 16.3. The zero-order valence-electron chi connectivity index (χ0n) is 10.7. The second kappa shape index (κ2) is 4.71. The van der Waals surface area contributed by atoms with Gasteiger partial charge in [0.1, 0.15) is 11.4 Å². The number of benzene rings is 2. The number of amidine groups is 1. The first kappa shape index (κ1) is 11.7. The van der Waals surface area contributed by atoms with Crippen LogP contribution in [0.25, 0.3) is 6.08 Å². The van der Waals surface area contributed by atoms with Gasteiger partial charge in [-0.15, -0.1) is 0 Å². The van der Waals surface area contributed by atoms with Crippen LogP contribution >= 0.6 is 0 Å². The van der Waals surface area contributed by atoms with E-state index in [-0.39, 0.29) is 5.75 Å². The SMILES string of the molecule is C[NH+]1C(/C=C/c2ccccc2O)=Nc2ccccc21. The first-order valence-electron chi connectivity index (χ1n) is 6.24. The summed E-state index contributed by atoms with van der Waals surface area (Å²) >= 11 is 0. The van der Waals surface area contributed by atoms with Crippen molar-refractivity contribution in [2.75, 3.05) is 7.05 Å². The summed E-state index contributed by atoms with van der Waals surface area (Å²) < 4.78 is 0. The van der Waals surface area contributed by atoms with Crippen LogP contribution in [0.1, 0.15) is 5.56 Å². The van der Waals surface area contributed by atoms with E-state index >= 15 is 0 Å². The topological polar surface area (TPSA) is 37.0 Å². The summed E-state index contributed by atoms with van der Waals surface area (Å²) in [6, 6.07) is 15.4. The molecule has 19 heavy (non-hydrogen) atoms. The van der Waals surface area contributed by atoms with Crippen LogP contribution in [-0.4, -0.2) is 18.0 Å². The van der Waals surface area contributed by atoms with Gasteiger partial charge in [0, 0.05) is 17.7 Å². The molecule has 3 heteroatoms. The Morgan fingerprint density at radius 3 is 2.53 bits per heavy atom. The largest absolute Gasteiger partial charge is 0.507 e. The van der Waals surface area contributed by atoms with Crippen LogP contribution in [0.3, 0.4) is 0 Å². The molecule has 2 N–H and O–H groups in total. The third kappa shape index (κ3) is 2.16. The third-order valence-corrected chi connectivity index (χ3v) is 3.29. The minimum absolute atomic E-state index is 0.285. The highest BCUT2D eigenvalue weighted by Gasteiger charge is 2.23. The molecule has 1 heterocycles. The second-order valence-corrected chi connectivity index (χ2v) is 4.53. The average Bonchev–Trinajstić information content (AvgIpc) is 2.75. The Morgan fingerprint density at radius 1 is 1.00 bits per heavy atom. The predicted molar refractivity (Wildman–Crippen MR) is 77.2 cm³/mol. The molecule has 3 rings (SSSR count). The fourth-order valence-corrected chi connectivity index (χ4v) is 2.20. The van der Waals surface area contributed by atoms with E-state index in [1.807, 2.05) is 48.6 Å². The summed E-state index contributed by atoms with van der Waals surface area (Å²) in [5, 5.41) is 9.73. The van der Waals surface area contributed by atoms with Gasteiger partial charge in [-0.3, -0.25) is 4.90 Å². The Labute approximate surface area is 112 Å². The van der Waals surface area contributed by atoms with Crippen molar-refractivity contribution < 1.29 is 10.0 Å². The van der Waals surface area contributed by atoms with E-state index in [4.69, 9.17) is 0 Å². The van der Waals surface area contributed by atoms with Gasteiger partial charge < -0.3 is 5.11 Å². The lowest BCUT2D eigenvalue weighted by atomic mass is 10.2. The summed E-state index contributed by atoms with van der Waals surface area (Å²) in [5.41, 5.74) is 2.99. The van der Waals surface area contributed by atoms with E-state index in [2.05, 4.69) is 18.1 Å². The van der Waals surface area contributed by atoms with Crippen molar-refractivity contribution in [3.63, 3.8) is 0 Å². The first-order valence-corrected chi connectivity index (χ1v) is 6.24. The zero-order chi connectivity index (χ0) is 13.2. The number of nitrogens with one attached hydrogen (secondary N) is 1. The van der Waals surface area contributed by atoms with Crippen molar-refractivity contribution >= 4 is 23.3 Å². The van der Waals surface area contributed by atoms with Crippen molar-refractivity contribution in [1.29, 1.82) is 0 Å². The number of aliphatic imine (C=N–C) groups is 1. The minimum Gasteiger partial charge on any atom is -0.507 e. The monoisotopic (exact) mass is 251 g/mol. The molecule has 1 aliphatic heterocycles. The number of nitrogens with zero attached hydrogens (tertiary/aromatic N) is 1. The molecule has 0 saturated heterocycles.